The van der Waals surface area contributed by atoms with Gasteiger partial charge < -0.3 is 14.8 Å². The molecule has 1 amide bonds. The lowest BCUT2D eigenvalue weighted by molar-refractivity contribution is 0.0955. The Morgan fingerprint density at radius 2 is 1.70 bits per heavy atom. The van der Waals surface area contributed by atoms with Crippen LogP contribution >= 0.6 is 0 Å². The molecule has 7 nitrogen and oxygen atoms in total. The van der Waals surface area contributed by atoms with E-state index in [0.717, 1.165) is 25.7 Å². The van der Waals surface area contributed by atoms with Crippen LogP contribution in [0.15, 0.2) is 18.2 Å². The van der Waals surface area contributed by atoms with Gasteiger partial charge >= 0.3 is 0 Å². The Balaban J connectivity index is 1.96. The molecule has 1 fully saturated rings. The van der Waals surface area contributed by atoms with Crippen molar-refractivity contribution in [2.24, 2.45) is 0 Å². The highest BCUT2D eigenvalue weighted by molar-refractivity contribution is 7.89. The molecule has 1 N–H and O–H groups in total. The van der Waals surface area contributed by atoms with Crippen LogP contribution in [0.4, 0.5) is 0 Å². The lowest BCUT2D eigenvalue weighted by Gasteiger charge is -2.32. The lowest BCUT2D eigenvalue weighted by atomic mass is 9.95. The number of nitrogens with one attached hydrogen (secondary N) is 1. The van der Waals surface area contributed by atoms with Crippen LogP contribution in [0, 0.1) is 0 Å². The standard InChI is InChI=1S/C19H30N2O5S/c1-4-21(16-8-6-5-7-9-16)27(23,24)11-10-20-19(22)15-12-17(25-2)14-18(13-15)26-3/h12-14,16H,4-11H2,1-3H3,(H,20,22). The van der Waals surface area contributed by atoms with Crippen LogP contribution in [0.1, 0.15) is 49.4 Å². The Morgan fingerprint density at radius 3 is 2.22 bits per heavy atom. The summed E-state index contributed by atoms with van der Waals surface area (Å²) in [6.07, 6.45) is 5.16. The minimum absolute atomic E-state index is 0.0594. The first kappa shape index (κ1) is 21.5. The van der Waals surface area contributed by atoms with Gasteiger partial charge in [0.05, 0.1) is 20.0 Å². The van der Waals surface area contributed by atoms with Crippen LogP contribution in [-0.2, 0) is 10.0 Å². The van der Waals surface area contributed by atoms with Gasteiger partial charge in [-0.2, -0.15) is 4.31 Å². The zero-order chi connectivity index (χ0) is 19.9. The summed E-state index contributed by atoms with van der Waals surface area (Å²) in [6.45, 7) is 2.39. The van der Waals surface area contributed by atoms with E-state index >= 15 is 0 Å². The quantitative estimate of drug-likeness (QED) is 0.690. The summed E-state index contributed by atoms with van der Waals surface area (Å²) in [5.74, 6) is 0.538. The number of carbonyl (C=O) groups is 1. The Kier molecular flexibility index (Phi) is 7.91. The first-order valence-corrected chi connectivity index (χ1v) is 11.0. The number of rotatable bonds is 9. The molecule has 0 aromatic heterocycles. The number of nitrogens with zero attached hydrogens (tertiary/aromatic N) is 1. The van der Waals surface area contributed by atoms with E-state index in [-0.39, 0.29) is 24.2 Å². The van der Waals surface area contributed by atoms with Crippen molar-refractivity contribution in [2.75, 3.05) is 33.1 Å². The van der Waals surface area contributed by atoms with E-state index in [4.69, 9.17) is 9.47 Å². The summed E-state index contributed by atoms with van der Waals surface area (Å²) in [4.78, 5) is 12.4. The molecular formula is C19H30N2O5S. The fourth-order valence-electron chi connectivity index (χ4n) is 3.50. The van der Waals surface area contributed by atoms with Gasteiger partial charge in [-0.15, -0.1) is 0 Å². The van der Waals surface area contributed by atoms with Crippen molar-refractivity contribution in [3.63, 3.8) is 0 Å². The number of sulfonamides is 1. The van der Waals surface area contributed by atoms with Gasteiger partial charge in [0.15, 0.2) is 0 Å². The van der Waals surface area contributed by atoms with E-state index in [1.165, 1.54) is 20.6 Å². The van der Waals surface area contributed by atoms with Crippen LogP contribution < -0.4 is 14.8 Å². The van der Waals surface area contributed by atoms with Gasteiger partial charge in [-0.25, -0.2) is 8.42 Å². The van der Waals surface area contributed by atoms with E-state index in [1.807, 2.05) is 6.92 Å². The Labute approximate surface area is 162 Å². The molecule has 0 aliphatic heterocycles. The summed E-state index contributed by atoms with van der Waals surface area (Å²) < 4.78 is 37.3. The predicted octanol–water partition coefficient (Wildman–Crippen LogP) is 2.42. The average molecular weight is 399 g/mol. The van der Waals surface area contributed by atoms with E-state index < -0.39 is 10.0 Å². The zero-order valence-electron chi connectivity index (χ0n) is 16.4. The van der Waals surface area contributed by atoms with Crippen LogP contribution in [0.5, 0.6) is 11.5 Å². The molecule has 27 heavy (non-hydrogen) atoms. The van der Waals surface area contributed by atoms with Crippen molar-refractivity contribution in [1.82, 2.24) is 9.62 Å². The summed E-state index contributed by atoms with van der Waals surface area (Å²) in [7, 11) is -0.391. The third-order valence-electron chi connectivity index (χ3n) is 4.91. The third kappa shape index (κ3) is 5.84. The maximum Gasteiger partial charge on any atom is 0.251 e. The topological polar surface area (TPSA) is 84.9 Å². The molecule has 1 aromatic rings. The van der Waals surface area contributed by atoms with E-state index in [2.05, 4.69) is 5.32 Å². The molecule has 0 saturated heterocycles. The van der Waals surface area contributed by atoms with Gasteiger partial charge in [-0.3, -0.25) is 4.79 Å². The van der Waals surface area contributed by atoms with Crippen molar-refractivity contribution in [3.8, 4) is 11.5 Å². The highest BCUT2D eigenvalue weighted by Gasteiger charge is 2.29. The number of hydrogen-bond donors (Lipinski definition) is 1. The minimum Gasteiger partial charge on any atom is -0.497 e. The number of methoxy groups -OCH3 is 2. The summed E-state index contributed by atoms with van der Waals surface area (Å²) >= 11 is 0. The van der Waals surface area contributed by atoms with Crippen molar-refractivity contribution in [2.45, 2.75) is 45.1 Å². The van der Waals surface area contributed by atoms with Crippen LogP contribution in [0.25, 0.3) is 0 Å². The van der Waals surface area contributed by atoms with Gasteiger partial charge in [0.2, 0.25) is 10.0 Å². The SMILES string of the molecule is CCN(C1CCCCC1)S(=O)(=O)CCNC(=O)c1cc(OC)cc(OC)c1. The van der Waals surface area contributed by atoms with Crippen LogP contribution in [0.2, 0.25) is 0 Å². The lowest BCUT2D eigenvalue weighted by Crippen LogP contribution is -2.44. The Morgan fingerprint density at radius 1 is 1.11 bits per heavy atom. The predicted molar refractivity (Wildman–Crippen MR) is 105 cm³/mol. The van der Waals surface area contributed by atoms with E-state index in [0.29, 0.717) is 23.6 Å². The molecule has 152 valence electrons. The van der Waals surface area contributed by atoms with Crippen molar-refractivity contribution < 1.29 is 22.7 Å². The first-order valence-electron chi connectivity index (χ1n) is 9.42. The Hall–Kier alpha value is -1.80. The molecule has 0 atom stereocenters. The molecular weight excluding hydrogens is 368 g/mol. The second-order valence-corrected chi connectivity index (χ2v) is 8.71. The van der Waals surface area contributed by atoms with Gasteiger partial charge in [-0.1, -0.05) is 26.2 Å². The molecule has 1 aliphatic rings. The smallest absolute Gasteiger partial charge is 0.251 e. The molecule has 0 spiro atoms. The molecule has 0 bridgehead atoms. The van der Waals surface area contributed by atoms with Crippen LogP contribution in [0.3, 0.4) is 0 Å². The highest BCUT2D eigenvalue weighted by atomic mass is 32.2. The normalized spacial score (nSPS) is 15.6. The van der Waals surface area contributed by atoms with E-state index in [9.17, 15) is 13.2 Å². The van der Waals surface area contributed by atoms with Gasteiger partial charge in [0.25, 0.3) is 5.91 Å². The molecule has 8 heteroatoms. The molecule has 0 radical (unpaired) electrons. The summed E-state index contributed by atoms with van der Waals surface area (Å²) in [6, 6.07) is 4.94. The second kappa shape index (κ2) is 9.94. The van der Waals surface area contributed by atoms with E-state index in [1.54, 1.807) is 22.5 Å². The largest absolute Gasteiger partial charge is 0.497 e. The second-order valence-electron chi connectivity index (χ2n) is 6.67. The Bertz CT molecular complexity index is 707. The molecule has 0 heterocycles. The summed E-state index contributed by atoms with van der Waals surface area (Å²) in [5.41, 5.74) is 0.364. The fraction of sp³-hybridized carbons (Fsp3) is 0.632. The number of benzene rings is 1. The van der Waals surface area contributed by atoms with Crippen molar-refractivity contribution in [1.29, 1.82) is 0 Å². The number of carbonyl (C=O) groups excluding carboxylic acids is 1. The van der Waals surface area contributed by atoms with Gasteiger partial charge in [-0.05, 0) is 25.0 Å². The molecule has 1 aromatic carbocycles. The van der Waals surface area contributed by atoms with Crippen LogP contribution in [-0.4, -0.2) is 57.7 Å². The zero-order valence-corrected chi connectivity index (χ0v) is 17.2. The van der Waals surface area contributed by atoms with Crippen molar-refractivity contribution in [3.05, 3.63) is 23.8 Å². The molecule has 1 saturated carbocycles. The minimum atomic E-state index is -3.41. The molecule has 1 aliphatic carbocycles. The number of hydrogen-bond acceptors (Lipinski definition) is 5. The molecule has 2 rings (SSSR count). The fourth-order valence-corrected chi connectivity index (χ4v) is 5.16. The number of ether oxygens (including phenoxy) is 2. The van der Waals surface area contributed by atoms with Gasteiger partial charge in [0, 0.05) is 30.8 Å². The van der Waals surface area contributed by atoms with Gasteiger partial charge in [0.1, 0.15) is 11.5 Å². The maximum atomic E-state index is 12.7. The number of amides is 1. The third-order valence-corrected chi connectivity index (χ3v) is 6.90. The summed E-state index contributed by atoms with van der Waals surface area (Å²) in [5, 5.41) is 2.68. The average Bonchev–Trinajstić information content (AvgIpc) is 2.68. The maximum absolute atomic E-state index is 12.7. The molecule has 0 unspecified atom stereocenters. The first-order chi connectivity index (χ1) is 12.9. The van der Waals surface area contributed by atoms with Crippen molar-refractivity contribution >= 4 is 15.9 Å². The highest BCUT2D eigenvalue weighted by Crippen LogP contribution is 2.25. The monoisotopic (exact) mass is 398 g/mol.